The maximum absolute atomic E-state index is 12.6. The van der Waals surface area contributed by atoms with E-state index in [-0.39, 0.29) is 28.7 Å². The summed E-state index contributed by atoms with van der Waals surface area (Å²) >= 11 is 0. The summed E-state index contributed by atoms with van der Waals surface area (Å²) in [7, 11) is -3.75. The van der Waals surface area contributed by atoms with Crippen molar-refractivity contribution in [2.75, 3.05) is 6.61 Å². The molecular formula is C17H18N2O6S. The molecule has 2 aromatic rings. The van der Waals surface area contributed by atoms with Crippen molar-refractivity contribution in [3.63, 3.8) is 0 Å². The number of sulfone groups is 1. The van der Waals surface area contributed by atoms with Crippen molar-refractivity contribution in [2.45, 2.75) is 23.5 Å². The Morgan fingerprint density at radius 3 is 2.46 bits per heavy atom. The van der Waals surface area contributed by atoms with Gasteiger partial charge in [-0.3, -0.25) is 10.1 Å². The predicted octanol–water partition coefficient (Wildman–Crippen LogP) is 2.77. The Labute approximate surface area is 150 Å². The molecular weight excluding hydrogens is 360 g/mol. The molecule has 9 heteroatoms. The Kier molecular flexibility index (Phi) is 5.93. The van der Waals surface area contributed by atoms with Crippen molar-refractivity contribution in [3.8, 4) is 0 Å². The van der Waals surface area contributed by atoms with E-state index in [1.54, 1.807) is 25.1 Å². The molecule has 0 fully saturated rings. The lowest BCUT2D eigenvalue weighted by atomic mass is 9.99. The highest BCUT2D eigenvalue weighted by Crippen LogP contribution is 2.28. The SMILES string of the molecule is CC(COC(N)=O)c1ccc([N+](=O)[O-])c(CS(=O)(=O)c2ccccc2)c1. The van der Waals surface area contributed by atoms with Crippen LogP contribution in [-0.2, 0) is 20.3 Å². The van der Waals surface area contributed by atoms with Gasteiger partial charge in [-0.2, -0.15) is 0 Å². The molecule has 0 aliphatic rings. The second-order valence-electron chi connectivity index (χ2n) is 5.75. The molecule has 138 valence electrons. The summed E-state index contributed by atoms with van der Waals surface area (Å²) < 4.78 is 29.9. The lowest BCUT2D eigenvalue weighted by molar-refractivity contribution is -0.385. The fraction of sp³-hybridized carbons (Fsp3) is 0.235. The summed E-state index contributed by atoms with van der Waals surface area (Å²) in [5.41, 5.74) is 5.33. The Morgan fingerprint density at radius 1 is 1.23 bits per heavy atom. The van der Waals surface area contributed by atoms with Crippen molar-refractivity contribution in [2.24, 2.45) is 5.73 Å². The van der Waals surface area contributed by atoms with E-state index in [2.05, 4.69) is 0 Å². The van der Waals surface area contributed by atoms with Crippen LogP contribution in [0.1, 0.15) is 24.0 Å². The smallest absolute Gasteiger partial charge is 0.404 e. The molecule has 0 spiro atoms. The zero-order valence-corrected chi connectivity index (χ0v) is 14.8. The minimum atomic E-state index is -3.75. The molecule has 0 aliphatic heterocycles. The molecule has 0 radical (unpaired) electrons. The quantitative estimate of drug-likeness (QED) is 0.582. The first-order valence-electron chi connectivity index (χ1n) is 7.68. The predicted molar refractivity (Wildman–Crippen MR) is 94.4 cm³/mol. The number of hydrogen-bond donors (Lipinski definition) is 1. The summed E-state index contributed by atoms with van der Waals surface area (Å²) in [6.07, 6.45) is -0.925. The second kappa shape index (κ2) is 7.96. The highest BCUT2D eigenvalue weighted by molar-refractivity contribution is 7.90. The molecule has 26 heavy (non-hydrogen) atoms. The molecule has 0 bridgehead atoms. The average molecular weight is 378 g/mol. The fourth-order valence-corrected chi connectivity index (χ4v) is 3.80. The zero-order valence-electron chi connectivity index (χ0n) is 14.0. The normalized spacial score (nSPS) is 12.3. The average Bonchev–Trinajstić information content (AvgIpc) is 2.59. The van der Waals surface area contributed by atoms with Crippen LogP contribution in [0.25, 0.3) is 0 Å². The van der Waals surface area contributed by atoms with Crippen LogP contribution >= 0.6 is 0 Å². The Balaban J connectivity index is 2.37. The first kappa shape index (κ1) is 19.4. The van der Waals surface area contributed by atoms with Gasteiger partial charge < -0.3 is 10.5 Å². The zero-order chi connectivity index (χ0) is 19.3. The van der Waals surface area contributed by atoms with E-state index in [1.165, 1.54) is 30.3 Å². The lowest BCUT2D eigenvalue weighted by Crippen LogP contribution is -2.17. The third kappa shape index (κ3) is 4.79. The number of nitrogens with two attached hydrogens (primary N) is 1. The highest BCUT2D eigenvalue weighted by atomic mass is 32.2. The second-order valence-corrected chi connectivity index (χ2v) is 7.74. The van der Waals surface area contributed by atoms with E-state index in [4.69, 9.17) is 10.5 Å². The standard InChI is InChI=1S/C17H18N2O6S/c1-12(10-25-17(18)20)13-7-8-16(19(21)22)14(9-13)11-26(23,24)15-5-3-2-4-6-15/h2-9,12H,10-11H2,1H3,(H2,18,20). The molecule has 1 unspecified atom stereocenters. The maximum atomic E-state index is 12.6. The summed E-state index contributed by atoms with van der Waals surface area (Å²) in [5.74, 6) is -0.814. The van der Waals surface area contributed by atoms with Crippen molar-refractivity contribution in [3.05, 3.63) is 69.8 Å². The van der Waals surface area contributed by atoms with Gasteiger partial charge in [0.1, 0.15) is 0 Å². The van der Waals surface area contributed by atoms with Gasteiger partial charge in [0.15, 0.2) is 9.84 Å². The van der Waals surface area contributed by atoms with E-state index in [0.717, 1.165) is 0 Å². The number of benzene rings is 2. The molecule has 0 aromatic heterocycles. The number of nitro groups is 1. The number of carbonyl (C=O) groups excluding carboxylic acids is 1. The molecule has 1 atom stereocenters. The van der Waals surface area contributed by atoms with Crippen LogP contribution in [0.3, 0.4) is 0 Å². The van der Waals surface area contributed by atoms with Crippen LogP contribution in [0.15, 0.2) is 53.4 Å². The van der Waals surface area contributed by atoms with Gasteiger partial charge in [0.25, 0.3) is 5.69 Å². The van der Waals surface area contributed by atoms with Crippen molar-refractivity contribution >= 4 is 21.6 Å². The van der Waals surface area contributed by atoms with E-state index >= 15 is 0 Å². The van der Waals surface area contributed by atoms with Gasteiger partial charge in [0.05, 0.1) is 22.2 Å². The molecule has 1 amide bonds. The molecule has 0 saturated heterocycles. The molecule has 0 heterocycles. The third-order valence-electron chi connectivity index (χ3n) is 3.79. The number of rotatable bonds is 7. The number of nitrogens with zero attached hydrogens (tertiary/aromatic N) is 1. The summed E-state index contributed by atoms with van der Waals surface area (Å²) in [6, 6.07) is 11.9. The highest BCUT2D eigenvalue weighted by Gasteiger charge is 2.23. The van der Waals surface area contributed by atoms with Crippen molar-refractivity contribution in [1.82, 2.24) is 0 Å². The number of carbonyl (C=O) groups is 1. The van der Waals surface area contributed by atoms with Crippen LogP contribution < -0.4 is 5.73 Å². The number of primary amides is 1. The Hall–Kier alpha value is -2.94. The Bertz CT molecular complexity index is 912. The largest absolute Gasteiger partial charge is 0.449 e. The lowest BCUT2D eigenvalue weighted by Gasteiger charge is -2.13. The number of hydrogen-bond acceptors (Lipinski definition) is 6. The van der Waals surface area contributed by atoms with Gasteiger partial charge in [-0.05, 0) is 23.8 Å². The third-order valence-corrected chi connectivity index (χ3v) is 5.47. The van der Waals surface area contributed by atoms with Gasteiger partial charge in [-0.15, -0.1) is 0 Å². The summed E-state index contributed by atoms with van der Waals surface area (Å²) in [5, 5.41) is 11.3. The molecule has 8 nitrogen and oxygen atoms in total. The molecule has 0 saturated carbocycles. The maximum Gasteiger partial charge on any atom is 0.404 e. The van der Waals surface area contributed by atoms with Gasteiger partial charge in [0.2, 0.25) is 0 Å². The van der Waals surface area contributed by atoms with Crippen LogP contribution in [0, 0.1) is 10.1 Å². The first-order chi connectivity index (χ1) is 12.2. The van der Waals surface area contributed by atoms with Crippen molar-refractivity contribution in [1.29, 1.82) is 0 Å². The number of amides is 1. The molecule has 2 N–H and O–H groups in total. The van der Waals surface area contributed by atoms with E-state index in [1.807, 2.05) is 0 Å². The van der Waals surface area contributed by atoms with E-state index in [0.29, 0.717) is 5.56 Å². The van der Waals surface area contributed by atoms with E-state index < -0.39 is 26.6 Å². The van der Waals surface area contributed by atoms with Crippen molar-refractivity contribution < 1.29 is 22.9 Å². The van der Waals surface area contributed by atoms with Crippen LogP contribution in [0.4, 0.5) is 10.5 Å². The first-order valence-corrected chi connectivity index (χ1v) is 9.33. The number of nitro benzene ring substituents is 1. The summed E-state index contributed by atoms with van der Waals surface area (Å²) in [4.78, 5) is 21.5. The van der Waals surface area contributed by atoms with Gasteiger partial charge in [0, 0.05) is 17.5 Å². The minimum Gasteiger partial charge on any atom is -0.449 e. The van der Waals surface area contributed by atoms with Gasteiger partial charge >= 0.3 is 6.09 Å². The van der Waals surface area contributed by atoms with Crippen LogP contribution in [0.2, 0.25) is 0 Å². The number of ether oxygens (including phenoxy) is 1. The van der Waals surface area contributed by atoms with E-state index in [9.17, 15) is 23.3 Å². The molecule has 2 aromatic carbocycles. The van der Waals surface area contributed by atoms with Gasteiger partial charge in [-0.25, -0.2) is 13.2 Å². The summed E-state index contributed by atoms with van der Waals surface area (Å²) in [6.45, 7) is 1.72. The fourth-order valence-electron chi connectivity index (χ4n) is 2.42. The van der Waals surface area contributed by atoms with Gasteiger partial charge in [-0.1, -0.05) is 31.2 Å². The molecule has 0 aliphatic carbocycles. The van der Waals surface area contributed by atoms with Crippen LogP contribution in [0.5, 0.6) is 0 Å². The topological polar surface area (TPSA) is 130 Å². The molecule has 2 rings (SSSR count). The minimum absolute atomic E-state index is 0.0159. The Morgan fingerprint density at radius 2 is 1.88 bits per heavy atom. The van der Waals surface area contributed by atoms with Crippen LogP contribution in [-0.4, -0.2) is 26.0 Å². The monoisotopic (exact) mass is 378 g/mol.